The van der Waals surface area contributed by atoms with Crippen molar-refractivity contribution in [3.63, 3.8) is 0 Å². The number of aliphatic hydroxyl groups is 1. The number of nitrogens with one attached hydrogen (secondary N) is 1. The second-order valence-electron chi connectivity index (χ2n) is 5.76. The molecule has 0 saturated carbocycles. The van der Waals surface area contributed by atoms with Crippen molar-refractivity contribution in [2.45, 2.75) is 65.1 Å². The first kappa shape index (κ1) is 14.6. The molecule has 0 radical (unpaired) electrons. The fraction of sp³-hybridized carbons (Fsp3) is 0.769. The fourth-order valence-corrected chi connectivity index (χ4v) is 2.51. The molecular weight excluding hydrogens is 232 g/mol. The highest BCUT2D eigenvalue weighted by Gasteiger charge is 2.18. The van der Waals surface area contributed by atoms with Crippen molar-refractivity contribution in [2.75, 3.05) is 0 Å². The maximum Gasteiger partial charge on any atom is 0.0982 e. The predicted molar refractivity (Wildman–Crippen MR) is 73.4 cm³/mol. The molecule has 0 saturated heterocycles. The van der Waals surface area contributed by atoms with E-state index in [0.29, 0.717) is 6.04 Å². The molecule has 0 aliphatic rings. The molecule has 1 heterocycles. The summed E-state index contributed by atoms with van der Waals surface area (Å²) in [5.74, 6) is 0. The Hall–Kier alpha value is -0.450. The van der Waals surface area contributed by atoms with E-state index in [-0.39, 0.29) is 11.5 Å². The van der Waals surface area contributed by atoms with Crippen LogP contribution in [0.5, 0.6) is 0 Å². The molecule has 0 aromatic carbocycles. The smallest absolute Gasteiger partial charge is 0.0982 e. The molecule has 3 nitrogen and oxygen atoms in total. The van der Waals surface area contributed by atoms with E-state index in [0.717, 1.165) is 18.7 Å². The Morgan fingerprint density at radius 3 is 2.53 bits per heavy atom. The van der Waals surface area contributed by atoms with E-state index in [2.05, 4.69) is 43.4 Å². The SMILES string of the molecule is CC(O)CC(C)NCc1csc(C(C)(C)C)n1. The second-order valence-corrected chi connectivity index (χ2v) is 6.62. The van der Waals surface area contributed by atoms with Gasteiger partial charge in [-0.3, -0.25) is 0 Å². The highest BCUT2D eigenvalue weighted by atomic mass is 32.1. The van der Waals surface area contributed by atoms with Crippen molar-refractivity contribution in [2.24, 2.45) is 0 Å². The van der Waals surface area contributed by atoms with Gasteiger partial charge in [-0.2, -0.15) is 0 Å². The number of hydrogen-bond donors (Lipinski definition) is 2. The average molecular weight is 256 g/mol. The largest absolute Gasteiger partial charge is 0.393 e. The van der Waals surface area contributed by atoms with Crippen LogP contribution in [0.15, 0.2) is 5.38 Å². The van der Waals surface area contributed by atoms with Crippen LogP contribution in [0.4, 0.5) is 0 Å². The van der Waals surface area contributed by atoms with Crippen LogP contribution in [0.2, 0.25) is 0 Å². The molecule has 4 heteroatoms. The molecule has 1 rings (SSSR count). The maximum atomic E-state index is 9.28. The van der Waals surface area contributed by atoms with Gasteiger partial charge in [-0.15, -0.1) is 11.3 Å². The molecule has 0 amide bonds. The third-order valence-corrected chi connectivity index (χ3v) is 3.84. The highest BCUT2D eigenvalue weighted by molar-refractivity contribution is 7.09. The molecule has 98 valence electrons. The van der Waals surface area contributed by atoms with Crippen molar-refractivity contribution in [1.29, 1.82) is 0 Å². The lowest BCUT2D eigenvalue weighted by Crippen LogP contribution is -2.28. The molecule has 17 heavy (non-hydrogen) atoms. The van der Waals surface area contributed by atoms with Gasteiger partial charge < -0.3 is 10.4 Å². The first-order valence-electron chi connectivity index (χ1n) is 6.15. The van der Waals surface area contributed by atoms with Gasteiger partial charge in [0.2, 0.25) is 0 Å². The van der Waals surface area contributed by atoms with Crippen molar-refractivity contribution in [3.05, 3.63) is 16.1 Å². The van der Waals surface area contributed by atoms with Crippen LogP contribution < -0.4 is 5.32 Å². The molecule has 0 aliphatic carbocycles. The number of aliphatic hydroxyl groups excluding tert-OH is 1. The zero-order valence-electron chi connectivity index (χ0n) is 11.4. The minimum Gasteiger partial charge on any atom is -0.393 e. The van der Waals surface area contributed by atoms with Gasteiger partial charge >= 0.3 is 0 Å². The highest BCUT2D eigenvalue weighted by Crippen LogP contribution is 2.25. The summed E-state index contributed by atoms with van der Waals surface area (Å²) < 4.78 is 0. The quantitative estimate of drug-likeness (QED) is 0.851. The third kappa shape index (κ3) is 5.15. The minimum absolute atomic E-state index is 0.133. The number of nitrogens with zero attached hydrogens (tertiary/aromatic N) is 1. The van der Waals surface area contributed by atoms with Gasteiger partial charge in [-0.25, -0.2) is 4.98 Å². The van der Waals surface area contributed by atoms with E-state index >= 15 is 0 Å². The van der Waals surface area contributed by atoms with Crippen LogP contribution in [-0.2, 0) is 12.0 Å². The van der Waals surface area contributed by atoms with E-state index in [4.69, 9.17) is 0 Å². The maximum absolute atomic E-state index is 9.28. The normalized spacial score (nSPS) is 15.9. The van der Waals surface area contributed by atoms with Gasteiger partial charge in [0.25, 0.3) is 0 Å². The van der Waals surface area contributed by atoms with Crippen molar-refractivity contribution in [3.8, 4) is 0 Å². The molecule has 2 N–H and O–H groups in total. The molecule has 1 aromatic heterocycles. The summed E-state index contributed by atoms with van der Waals surface area (Å²) in [7, 11) is 0. The summed E-state index contributed by atoms with van der Waals surface area (Å²) in [6, 6.07) is 0.315. The zero-order valence-corrected chi connectivity index (χ0v) is 12.3. The summed E-state index contributed by atoms with van der Waals surface area (Å²) >= 11 is 1.72. The van der Waals surface area contributed by atoms with Crippen LogP contribution in [0.25, 0.3) is 0 Å². The van der Waals surface area contributed by atoms with Crippen LogP contribution in [0.1, 0.15) is 51.7 Å². The molecule has 2 unspecified atom stereocenters. The third-order valence-electron chi connectivity index (χ3n) is 2.52. The van der Waals surface area contributed by atoms with Gasteiger partial charge in [-0.05, 0) is 20.3 Å². The van der Waals surface area contributed by atoms with Crippen LogP contribution >= 0.6 is 11.3 Å². The summed E-state index contributed by atoms with van der Waals surface area (Å²) in [5.41, 5.74) is 1.23. The topological polar surface area (TPSA) is 45.1 Å². The molecule has 0 fully saturated rings. The monoisotopic (exact) mass is 256 g/mol. The summed E-state index contributed by atoms with van der Waals surface area (Å²) in [4.78, 5) is 4.63. The lowest BCUT2D eigenvalue weighted by molar-refractivity contribution is 0.170. The van der Waals surface area contributed by atoms with Crippen molar-refractivity contribution < 1.29 is 5.11 Å². The Kier molecular flexibility index (Phi) is 5.10. The second kappa shape index (κ2) is 5.94. The number of aromatic nitrogens is 1. The fourth-order valence-electron chi connectivity index (χ4n) is 1.61. The first-order valence-corrected chi connectivity index (χ1v) is 7.03. The van der Waals surface area contributed by atoms with Crippen LogP contribution in [-0.4, -0.2) is 22.2 Å². The average Bonchev–Trinajstić information content (AvgIpc) is 2.61. The minimum atomic E-state index is -0.252. The Morgan fingerprint density at radius 1 is 1.41 bits per heavy atom. The Labute approximate surface area is 108 Å². The molecule has 1 aromatic rings. The van der Waals surface area contributed by atoms with Crippen LogP contribution in [0, 0.1) is 0 Å². The molecule has 0 aliphatic heterocycles. The first-order chi connectivity index (χ1) is 7.79. The number of rotatable bonds is 5. The predicted octanol–water partition coefficient (Wildman–Crippen LogP) is 2.69. The Bertz CT molecular complexity index is 341. The standard InChI is InChI=1S/C13H24N2OS/c1-9(6-10(2)16)14-7-11-8-17-12(15-11)13(3,4)5/h8-10,14,16H,6-7H2,1-5H3. The van der Waals surface area contributed by atoms with Gasteiger partial charge in [0.1, 0.15) is 0 Å². The summed E-state index contributed by atoms with van der Waals surface area (Å²) in [6.07, 6.45) is 0.522. The van der Waals surface area contributed by atoms with E-state index in [1.807, 2.05) is 6.92 Å². The van der Waals surface area contributed by atoms with Gasteiger partial charge in [0.05, 0.1) is 16.8 Å². The Balaban J connectivity index is 2.45. The van der Waals surface area contributed by atoms with E-state index in [9.17, 15) is 5.11 Å². The molecule has 0 bridgehead atoms. The van der Waals surface area contributed by atoms with Gasteiger partial charge in [0, 0.05) is 23.4 Å². The summed E-state index contributed by atoms with van der Waals surface area (Å²) in [6.45, 7) is 11.2. The Morgan fingerprint density at radius 2 is 2.06 bits per heavy atom. The van der Waals surface area contributed by atoms with E-state index in [1.165, 1.54) is 5.01 Å². The van der Waals surface area contributed by atoms with E-state index < -0.39 is 0 Å². The molecular formula is C13H24N2OS. The van der Waals surface area contributed by atoms with Crippen LogP contribution in [0.3, 0.4) is 0 Å². The molecule has 0 spiro atoms. The number of hydrogen-bond acceptors (Lipinski definition) is 4. The van der Waals surface area contributed by atoms with Crippen molar-refractivity contribution >= 4 is 11.3 Å². The lowest BCUT2D eigenvalue weighted by Gasteiger charge is -2.15. The van der Waals surface area contributed by atoms with E-state index in [1.54, 1.807) is 11.3 Å². The molecule has 2 atom stereocenters. The number of thiazole rings is 1. The lowest BCUT2D eigenvalue weighted by atomic mass is 9.98. The van der Waals surface area contributed by atoms with Gasteiger partial charge in [0.15, 0.2) is 0 Å². The zero-order chi connectivity index (χ0) is 13.1. The van der Waals surface area contributed by atoms with Gasteiger partial charge in [-0.1, -0.05) is 20.8 Å². The van der Waals surface area contributed by atoms with Crippen molar-refractivity contribution in [1.82, 2.24) is 10.3 Å². The summed E-state index contributed by atoms with van der Waals surface area (Å²) in [5, 5.41) is 15.9.